The van der Waals surface area contributed by atoms with E-state index in [0.717, 1.165) is 5.56 Å². The summed E-state index contributed by atoms with van der Waals surface area (Å²) in [6, 6.07) is 10.7. The molecular weight excluding hydrogens is 503 g/mol. The Kier molecular flexibility index (Phi) is 11.6. The predicted molar refractivity (Wildman–Crippen MR) is 145 cm³/mol. The molecule has 9 heteroatoms. The highest BCUT2D eigenvalue weighted by atomic mass is 35.5. The first kappa shape index (κ1) is 29.5. The van der Waals surface area contributed by atoms with Crippen molar-refractivity contribution in [1.82, 2.24) is 4.90 Å². The molecule has 0 spiro atoms. The highest BCUT2D eigenvalue weighted by molar-refractivity contribution is 6.42. The standard InChI is InChI=1S/C27H34Cl2N2O5/c1-17(2)31(18(3)4)15-22(36-19(5)32)16-35-26-14-21(9-11-25(26)34-6)30-27(33)12-8-20-7-10-23(28)24(29)13-20/h7-14,17-18,22H,15-16H2,1-6H3,(H,30,33)/b12-8+. The Morgan fingerprint density at radius 1 is 1.00 bits per heavy atom. The Labute approximate surface area is 223 Å². The number of benzene rings is 2. The van der Waals surface area contributed by atoms with Crippen molar-refractivity contribution >= 4 is 46.8 Å². The molecule has 1 N–H and O–H groups in total. The Bertz CT molecular complexity index is 1060. The molecule has 1 unspecified atom stereocenters. The molecule has 0 fully saturated rings. The van der Waals surface area contributed by atoms with Crippen molar-refractivity contribution in [3.8, 4) is 11.5 Å². The summed E-state index contributed by atoms with van der Waals surface area (Å²) in [5.74, 6) is 0.198. The number of nitrogens with one attached hydrogen (secondary N) is 1. The molecule has 0 saturated heterocycles. The van der Waals surface area contributed by atoms with E-state index < -0.39 is 6.10 Å². The summed E-state index contributed by atoms with van der Waals surface area (Å²) in [6.45, 7) is 10.4. The highest BCUT2D eigenvalue weighted by Gasteiger charge is 2.22. The van der Waals surface area contributed by atoms with Crippen LogP contribution in [-0.4, -0.2) is 55.2 Å². The third kappa shape index (κ3) is 9.37. The maximum absolute atomic E-state index is 12.4. The van der Waals surface area contributed by atoms with Crippen LogP contribution in [0.5, 0.6) is 11.5 Å². The average molecular weight is 537 g/mol. The lowest BCUT2D eigenvalue weighted by Gasteiger charge is -2.33. The smallest absolute Gasteiger partial charge is 0.303 e. The molecule has 0 saturated carbocycles. The highest BCUT2D eigenvalue weighted by Crippen LogP contribution is 2.31. The van der Waals surface area contributed by atoms with Crippen LogP contribution >= 0.6 is 23.2 Å². The number of carbonyl (C=O) groups excluding carboxylic acids is 2. The van der Waals surface area contributed by atoms with Crippen molar-refractivity contribution in [2.45, 2.75) is 52.8 Å². The van der Waals surface area contributed by atoms with E-state index in [1.54, 1.807) is 42.5 Å². The molecule has 1 amide bonds. The van der Waals surface area contributed by atoms with E-state index in [0.29, 0.717) is 33.8 Å². The van der Waals surface area contributed by atoms with Gasteiger partial charge in [-0.05, 0) is 63.6 Å². The number of hydrogen-bond acceptors (Lipinski definition) is 6. The van der Waals surface area contributed by atoms with Crippen LogP contribution in [0.15, 0.2) is 42.5 Å². The van der Waals surface area contributed by atoms with Gasteiger partial charge in [0.25, 0.3) is 0 Å². The molecule has 0 aliphatic heterocycles. The molecule has 2 aromatic carbocycles. The molecule has 2 aromatic rings. The molecule has 36 heavy (non-hydrogen) atoms. The van der Waals surface area contributed by atoms with Gasteiger partial charge in [-0.3, -0.25) is 14.5 Å². The van der Waals surface area contributed by atoms with Gasteiger partial charge >= 0.3 is 5.97 Å². The summed E-state index contributed by atoms with van der Waals surface area (Å²) in [7, 11) is 1.53. The Hall–Kier alpha value is -2.74. The van der Waals surface area contributed by atoms with E-state index >= 15 is 0 Å². The van der Waals surface area contributed by atoms with Crippen LogP contribution in [-0.2, 0) is 14.3 Å². The van der Waals surface area contributed by atoms with Crippen LogP contribution in [0.4, 0.5) is 5.69 Å². The lowest BCUT2D eigenvalue weighted by Crippen LogP contribution is -2.45. The van der Waals surface area contributed by atoms with Gasteiger partial charge in [0.15, 0.2) is 11.5 Å². The zero-order chi connectivity index (χ0) is 26.8. The number of hydrogen-bond donors (Lipinski definition) is 1. The van der Waals surface area contributed by atoms with Gasteiger partial charge in [-0.15, -0.1) is 0 Å². The van der Waals surface area contributed by atoms with Crippen LogP contribution < -0.4 is 14.8 Å². The molecule has 2 rings (SSSR count). The lowest BCUT2D eigenvalue weighted by atomic mass is 10.2. The minimum atomic E-state index is -0.482. The maximum Gasteiger partial charge on any atom is 0.303 e. The quantitative estimate of drug-likeness (QED) is 0.261. The monoisotopic (exact) mass is 536 g/mol. The Morgan fingerprint density at radius 3 is 2.28 bits per heavy atom. The van der Waals surface area contributed by atoms with Gasteiger partial charge in [0.1, 0.15) is 12.7 Å². The largest absolute Gasteiger partial charge is 0.493 e. The second kappa shape index (κ2) is 14.1. The first-order chi connectivity index (χ1) is 17.0. The summed E-state index contributed by atoms with van der Waals surface area (Å²) in [5.41, 5.74) is 1.26. The molecule has 0 aliphatic rings. The van der Waals surface area contributed by atoms with Gasteiger partial charge in [0.2, 0.25) is 5.91 Å². The predicted octanol–water partition coefficient (Wildman–Crippen LogP) is 6.08. The van der Waals surface area contributed by atoms with Crippen molar-refractivity contribution < 1.29 is 23.8 Å². The van der Waals surface area contributed by atoms with E-state index in [2.05, 4.69) is 37.9 Å². The number of amides is 1. The van der Waals surface area contributed by atoms with Gasteiger partial charge in [0.05, 0.1) is 17.2 Å². The molecule has 7 nitrogen and oxygen atoms in total. The van der Waals surface area contributed by atoms with Gasteiger partial charge < -0.3 is 19.5 Å². The van der Waals surface area contributed by atoms with E-state index in [9.17, 15) is 9.59 Å². The fraction of sp³-hybridized carbons (Fsp3) is 0.407. The summed E-state index contributed by atoms with van der Waals surface area (Å²) in [6.07, 6.45) is 2.55. The zero-order valence-corrected chi connectivity index (χ0v) is 23.0. The topological polar surface area (TPSA) is 77.1 Å². The van der Waals surface area contributed by atoms with Crippen molar-refractivity contribution in [2.75, 3.05) is 25.6 Å². The first-order valence-electron chi connectivity index (χ1n) is 11.7. The fourth-order valence-electron chi connectivity index (χ4n) is 3.63. The van der Waals surface area contributed by atoms with Crippen LogP contribution in [0.3, 0.4) is 0 Å². The summed E-state index contributed by atoms with van der Waals surface area (Å²) in [5, 5.41) is 3.65. The number of rotatable bonds is 12. The van der Waals surface area contributed by atoms with E-state index in [4.69, 9.17) is 37.4 Å². The van der Waals surface area contributed by atoms with Crippen molar-refractivity contribution in [3.63, 3.8) is 0 Å². The van der Waals surface area contributed by atoms with Gasteiger partial charge in [-0.25, -0.2) is 0 Å². The number of anilines is 1. The Balaban J connectivity index is 2.11. The Morgan fingerprint density at radius 2 is 1.69 bits per heavy atom. The second-order valence-corrected chi connectivity index (χ2v) is 9.60. The van der Waals surface area contributed by atoms with E-state index in [1.807, 2.05) is 0 Å². The number of ether oxygens (including phenoxy) is 3. The molecule has 0 aromatic heterocycles. The average Bonchev–Trinajstić information content (AvgIpc) is 2.80. The molecule has 0 aliphatic carbocycles. The summed E-state index contributed by atoms with van der Waals surface area (Å²) in [4.78, 5) is 26.4. The van der Waals surface area contributed by atoms with Crippen molar-refractivity contribution in [3.05, 3.63) is 58.1 Å². The first-order valence-corrected chi connectivity index (χ1v) is 12.4. The number of nitrogens with zero attached hydrogens (tertiary/aromatic N) is 1. The number of halogens is 2. The lowest BCUT2D eigenvalue weighted by molar-refractivity contribution is -0.149. The van der Waals surface area contributed by atoms with Gasteiger partial charge in [-0.2, -0.15) is 0 Å². The van der Waals surface area contributed by atoms with Crippen LogP contribution in [0, 0.1) is 0 Å². The summed E-state index contributed by atoms with van der Waals surface area (Å²) < 4.78 is 16.9. The number of carbonyl (C=O) groups is 2. The molecule has 0 bridgehead atoms. The zero-order valence-electron chi connectivity index (χ0n) is 21.5. The van der Waals surface area contributed by atoms with Crippen molar-refractivity contribution in [1.29, 1.82) is 0 Å². The molecule has 0 heterocycles. The normalized spacial score (nSPS) is 12.3. The minimum absolute atomic E-state index is 0.126. The molecule has 196 valence electrons. The molecule has 0 radical (unpaired) electrons. The van der Waals surface area contributed by atoms with Crippen LogP contribution in [0.1, 0.15) is 40.2 Å². The van der Waals surface area contributed by atoms with E-state index in [1.165, 1.54) is 20.1 Å². The van der Waals surface area contributed by atoms with Crippen LogP contribution in [0.25, 0.3) is 6.08 Å². The van der Waals surface area contributed by atoms with E-state index in [-0.39, 0.29) is 30.6 Å². The maximum atomic E-state index is 12.4. The molecule has 1 atom stereocenters. The number of methoxy groups -OCH3 is 1. The summed E-state index contributed by atoms with van der Waals surface area (Å²) >= 11 is 11.9. The van der Waals surface area contributed by atoms with Gasteiger partial charge in [0, 0.05) is 43.4 Å². The number of esters is 1. The van der Waals surface area contributed by atoms with Crippen LogP contribution in [0.2, 0.25) is 10.0 Å². The SMILES string of the molecule is COc1ccc(NC(=O)/C=C/c2ccc(Cl)c(Cl)c2)cc1OCC(CN(C(C)C)C(C)C)OC(C)=O. The third-order valence-corrected chi connectivity index (χ3v) is 6.04. The van der Waals surface area contributed by atoms with Gasteiger partial charge in [-0.1, -0.05) is 29.3 Å². The minimum Gasteiger partial charge on any atom is -0.493 e. The molecular formula is C27H34Cl2N2O5. The fourth-order valence-corrected chi connectivity index (χ4v) is 3.94. The third-order valence-electron chi connectivity index (χ3n) is 5.30. The second-order valence-electron chi connectivity index (χ2n) is 8.79. The van der Waals surface area contributed by atoms with Crippen molar-refractivity contribution in [2.24, 2.45) is 0 Å².